The van der Waals surface area contributed by atoms with Crippen molar-refractivity contribution >= 4 is 15.7 Å². The zero-order valence-corrected chi connectivity index (χ0v) is 15.1. The summed E-state index contributed by atoms with van der Waals surface area (Å²) >= 11 is 0. The lowest BCUT2D eigenvalue weighted by atomic mass is 10.1. The summed E-state index contributed by atoms with van der Waals surface area (Å²) in [5, 5.41) is 0.0613. The lowest BCUT2D eigenvalue weighted by molar-refractivity contribution is 0.439. The summed E-state index contributed by atoms with van der Waals surface area (Å²) in [5.74, 6) is 1.26. The third-order valence-corrected chi connectivity index (χ3v) is 5.83. The van der Waals surface area contributed by atoms with Crippen molar-refractivity contribution in [3.05, 3.63) is 36.2 Å². The summed E-state index contributed by atoms with van der Waals surface area (Å²) in [6, 6.07) is 8.46. The Morgan fingerprint density at radius 3 is 2.42 bits per heavy atom. The van der Waals surface area contributed by atoms with E-state index in [9.17, 15) is 8.42 Å². The summed E-state index contributed by atoms with van der Waals surface area (Å²) < 4.78 is 32.0. The van der Waals surface area contributed by atoms with Crippen LogP contribution in [0.25, 0.3) is 0 Å². The molecule has 6 heteroatoms. The maximum Gasteiger partial charge on any atom is 0.236 e. The molecule has 0 aliphatic carbocycles. The molecule has 0 unspecified atom stereocenters. The van der Waals surface area contributed by atoms with Crippen LogP contribution < -0.4 is 4.90 Å². The van der Waals surface area contributed by atoms with Crippen molar-refractivity contribution in [2.75, 3.05) is 18.0 Å². The quantitative estimate of drug-likeness (QED) is 0.824. The largest absolute Gasteiger partial charge is 0.424 e. The molecule has 2 aromatic rings. The van der Waals surface area contributed by atoms with E-state index in [1.54, 1.807) is 30.3 Å². The fourth-order valence-corrected chi connectivity index (χ4v) is 4.32. The predicted octanol–water partition coefficient (Wildman–Crippen LogP) is 3.70. The Balaban J connectivity index is 2.06. The molecular formula is C18H24N2O3S. The van der Waals surface area contributed by atoms with Gasteiger partial charge in [-0.3, -0.25) is 0 Å². The monoisotopic (exact) mass is 348 g/mol. The number of aromatic nitrogens is 1. The van der Waals surface area contributed by atoms with Crippen LogP contribution >= 0.6 is 0 Å². The van der Waals surface area contributed by atoms with E-state index in [-0.39, 0.29) is 9.92 Å². The summed E-state index contributed by atoms with van der Waals surface area (Å²) in [4.78, 5) is 6.66. The van der Waals surface area contributed by atoms with E-state index in [4.69, 9.17) is 4.42 Å². The van der Waals surface area contributed by atoms with E-state index in [2.05, 4.69) is 18.8 Å². The lowest BCUT2D eigenvalue weighted by Crippen LogP contribution is -2.30. The number of sulfone groups is 1. The first-order valence-corrected chi connectivity index (χ1v) is 10.0. The normalized spacial score (nSPS) is 15.9. The minimum Gasteiger partial charge on any atom is -0.424 e. The molecule has 1 aromatic carbocycles. The maximum absolute atomic E-state index is 13.0. The molecular weight excluding hydrogens is 324 g/mol. The number of hydrogen-bond acceptors (Lipinski definition) is 5. The van der Waals surface area contributed by atoms with Crippen LogP contribution in [0.4, 0.5) is 5.88 Å². The summed E-state index contributed by atoms with van der Waals surface area (Å²) in [6.07, 6.45) is 3.89. The number of anilines is 1. The van der Waals surface area contributed by atoms with Crippen LogP contribution in [0.5, 0.6) is 0 Å². The first-order chi connectivity index (χ1) is 11.5. The third kappa shape index (κ3) is 3.48. The fourth-order valence-electron chi connectivity index (χ4n) is 2.96. The molecule has 2 heterocycles. The first kappa shape index (κ1) is 17.0. The van der Waals surface area contributed by atoms with E-state index < -0.39 is 9.84 Å². The van der Waals surface area contributed by atoms with Gasteiger partial charge in [0.05, 0.1) is 4.90 Å². The zero-order valence-electron chi connectivity index (χ0n) is 14.2. The molecule has 0 spiro atoms. The highest BCUT2D eigenvalue weighted by molar-refractivity contribution is 7.91. The smallest absolute Gasteiger partial charge is 0.236 e. The van der Waals surface area contributed by atoms with Crippen molar-refractivity contribution in [1.29, 1.82) is 0 Å². The van der Waals surface area contributed by atoms with Crippen molar-refractivity contribution in [3.8, 4) is 0 Å². The van der Waals surface area contributed by atoms with Crippen molar-refractivity contribution in [3.63, 3.8) is 0 Å². The van der Waals surface area contributed by atoms with Gasteiger partial charge in [0.1, 0.15) is 0 Å². The Bertz CT molecular complexity index is 776. The standard InChI is InChI=1S/C18H24N2O3S/c1-14(2)13-16-19-17(18(23-16)20-11-7-4-8-12-20)24(21,22)15-9-5-3-6-10-15/h3,5-6,9-10,14H,4,7-8,11-13H2,1-2H3. The number of oxazole rings is 1. The molecule has 5 nitrogen and oxygen atoms in total. The molecule has 0 amide bonds. The molecule has 3 rings (SSSR count). The molecule has 1 fully saturated rings. The lowest BCUT2D eigenvalue weighted by Gasteiger charge is -2.26. The van der Waals surface area contributed by atoms with Crippen LogP contribution in [0.2, 0.25) is 0 Å². The molecule has 130 valence electrons. The Hall–Kier alpha value is -1.82. The highest BCUT2D eigenvalue weighted by Crippen LogP contribution is 2.33. The predicted molar refractivity (Wildman–Crippen MR) is 93.0 cm³/mol. The van der Waals surface area contributed by atoms with Crippen LogP contribution in [0.15, 0.2) is 44.7 Å². The number of nitrogens with zero attached hydrogens (tertiary/aromatic N) is 2. The Kier molecular flexibility index (Phi) is 4.94. The topological polar surface area (TPSA) is 63.4 Å². The molecule has 1 aliphatic heterocycles. The Labute approximate surface area is 143 Å². The molecule has 0 N–H and O–H groups in total. The van der Waals surface area contributed by atoms with Crippen LogP contribution in [-0.4, -0.2) is 26.5 Å². The van der Waals surface area contributed by atoms with Crippen molar-refractivity contribution in [1.82, 2.24) is 4.98 Å². The van der Waals surface area contributed by atoms with Gasteiger partial charge < -0.3 is 9.32 Å². The summed E-state index contributed by atoms with van der Waals surface area (Å²) in [6.45, 7) is 5.76. The van der Waals surface area contributed by atoms with Crippen LogP contribution in [0.1, 0.15) is 39.0 Å². The number of hydrogen-bond donors (Lipinski definition) is 0. The van der Waals surface area contributed by atoms with Crippen LogP contribution in [0, 0.1) is 5.92 Å². The molecule has 0 bridgehead atoms. The maximum atomic E-state index is 13.0. The van der Waals surface area contributed by atoms with Crippen LogP contribution in [-0.2, 0) is 16.3 Å². The number of rotatable bonds is 5. The number of benzene rings is 1. The molecule has 0 atom stereocenters. The summed E-state index contributed by atoms with van der Waals surface area (Å²) in [5.41, 5.74) is 0. The Morgan fingerprint density at radius 1 is 1.12 bits per heavy atom. The van der Waals surface area contributed by atoms with Crippen molar-refractivity contribution < 1.29 is 12.8 Å². The fraction of sp³-hybridized carbons (Fsp3) is 0.500. The van der Waals surface area contributed by atoms with Gasteiger partial charge in [-0.1, -0.05) is 32.0 Å². The molecule has 1 saturated heterocycles. The van der Waals surface area contributed by atoms with Gasteiger partial charge in [-0.2, -0.15) is 4.98 Å². The molecule has 24 heavy (non-hydrogen) atoms. The molecule has 1 aromatic heterocycles. The van der Waals surface area contributed by atoms with E-state index in [0.717, 1.165) is 25.9 Å². The average Bonchev–Trinajstić information content (AvgIpc) is 3.00. The summed E-state index contributed by atoms with van der Waals surface area (Å²) in [7, 11) is -3.68. The minimum atomic E-state index is -3.68. The third-order valence-electron chi connectivity index (χ3n) is 4.16. The number of piperidine rings is 1. The van der Waals surface area contributed by atoms with Gasteiger partial charge >= 0.3 is 0 Å². The zero-order chi connectivity index (χ0) is 17.2. The second-order valence-corrected chi connectivity index (χ2v) is 8.55. The second kappa shape index (κ2) is 6.97. The molecule has 0 radical (unpaired) electrons. The van der Waals surface area contributed by atoms with Crippen molar-refractivity contribution in [2.45, 2.75) is 49.5 Å². The van der Waals surface area contributed by atoms with Gasteiger partial charge in [0.15, 0.2) is 5.89 Å². The van der Waals surface area contributed by atoms with Gasteiger partial charge in [0.25, 0.3) is 0 Å². The van der Waals surface area contributed by atoms with Crippen LogP contribution in [0.3, 0.4) is 0 Å². The highest BCUT2D eigenvalue weighted by atomic mass is 32.2. The average molecular weight is 348 g/mol. The van der Waals surface area contributed by atoms with E-state index in [1.807, 2.05) is 4.90 Å². The molecule has 0 saturated carbocycles. The molecule has 1 aliphatic rings. The minimum absolute atomic E-state index is 0.0613. The van der Waals surface area contributed by atoms with Crippen molar-refractivity contribution in [2.24, 2.45) is 5.92 Å². The van der Waals surface area contributed by atoms with Gasteiger partial charge in [-0.05, 0) is 37.3 Å². The SMILES string of the molecule is CC(C)Cc1nc(S(=O)(=O)c2ccccc2)c(N2CCCCC2)o1. The van der Waals surface area contributed by atoms with E-state index in [0.29, 0.717) is 24.1 Å². The van der Waals surface area contributed by atoms with Gasteiger partial charge in [-0.25, -0.2) is 8.42 Å². The second-order valence-electron chi connectivity index (χ2n) is 6.68. The van der Waals surface area contributed by atoms with Gasteiger partial charge in [0.2, 0.25) is 20.7 Å². The first-order valence-electron chi connectivity index (χ1n) is 8.53. The van der Waals surface area contributed by atoms with Gasteiger partial charge in [0, 0.05) is 19.5 Å². The van der Waals surface area contributed by atoms with Gasteiger partial charge in [-0.15, -0.1) is 0 Å². The Morgan fingerprint density at radius 2 is 1.79 bits per heavy atom. The highest BCUT2D eigenvalue weighted by Gasteiger charge is 2.31. The van der Waals surface area contributed by atoms with E-state index >= 15 is 0 Å². The van der Waals surface area contributed by atoms with E-state index in [1.165, 1.54) is 6.42 Å².